The Balaban J connectivity index is 1.88. The van der Waals surface area contributed by atoms with Crippen LogP contribution in [-0.4, -0.2) is 31.3 Å². The second-order valence-electron chi connectivity index (χ2n) is 4.92. The highest BCUT2D eigenvalue weighted by atomic mass is 16.5. The van der Waals surface area contributed by atoms with Crippen LogP contribution in [0.1, 0.15) is 17.7 Å². The maximum Gasteiger partial charge on any atom is 0.226 e. The third-order valence-electron chi connectivity index (χ3n) is 3.08. The topological polar surface area (TPSA) is 64.4 Å². The van der Waals surface area contributed by atoms with Crippen LogP contribution in [0, 0.1) is 6.92 Å². The van der Waals surface area contributed by atoms with Crippen LogP contribution in [0.25, 0.3) is 11.3 Å². The largest absolute Gasteiger partial charge is 0.385 e. The number of carbonyl (C=O) groups is 1. The van der Waals surface area contributed by atoms with Gasteiger partial charge in [-0.15, -0.1) is 0 Å². The summed E-state index contributed by atoms with van der Waals surface area (Å²) in [6.45, 7) is 3.28. The van der Waals surface area contributed by atoms with Crippen molar-refractivity contribution >= 4 is 5.91 Å². The van der Waals surface area contributed by atoms with Gasteiger partial charge in [0, 0.05) is 31.9 Å². The van der Waals surface area contributed by atoms with Crippen molar-refractivity contribution < 1.29 is 14.1 Å². The molecule has 0 saturated heterocycles. The molecule has 2 rings (SSSR count). The first-order chi connectivity index (χ1) is 10.2. The third-order valence-corrected chi connectivity index (χ3v) is 3.08. The zero-order valence-electron chi connectivity index (χ0n) is 12.4. The quantitative estimate of drug-likeness (QED) is 0.794. The lowest BCUT2D eigenvalue weighted by Crippen LogP contribution is -2.26. The first kappa shape index (κ1) is 15.3. The minimum absolute atomic E-state index is 0.0603. The van der Waals surface area contributed by atoms with Crippen LogP contribution < -0.4 is 5.32 Å². The Labute approximate surface area is 124 Å². The zero-order valence-corrected chi connectivity index (χ0v) is 12.4. The molecule has 5 heteroatoms. The number of rotatable bonds is 7. The molecule has 0 spiro atoms. The number of methoxy groups -OCH3 is 1. The lowest BCUT2D eigenvalue weighted by atomic mass is 10.1. The van der Waals surface area contributed by atoms with E-state index < -0.39 is 0 Å². The van der Waals surface area contributed by atoms with Gasteiger partial charge in [-0.05, 0) is 13.3 Å². The van der Waals surface area contributed by atoms with Crippen molar-refractivity contribution in [3.8, 4) is 11.3 Å². The van der Waals surface area contributed by atoms with E-state index in [1.165, 1.54) is 5.56 Å². The van der Waals surface area contributed by atoms with Crippen LogP contribution >= 0.6 is 0 Å². The van der Waals surface area contributed by atoms with Gasteiger partial charge in [-0.25, -0.2) is 0 Å². The molecule has 1 heterocycles. The van der Waals surface area contributed by atoms with E-state index in [1.54, 1.807) is 13.2 Å². The number of aryl methyl sites for hydroxylation is 1. The van der Waals surface area contributed by atoms with Gasteiger partial charge in [0.05, 0.1) is 12.1 Å². The fourth-order valence-corrected chi connectivity index (χ4v) is 1.92. The summed E-state index contributed by atoms with van der Waals surface area (Å²) in [5, 5.41) is 6.76. The van der Waals surface area contributed by atoms with E-state index in [0.29, 0.717) is 24.6 Å². The first-order valence-corrected chi connectivity index (χ1v) is 6.97. The monoisotopic (exact) mass is 288 g/mol. The normalized spacial score (nSPS) is 10.6. The molecule has 0 aliphatic carbocycles. The highest BCUT2D eigenvalue weighted by molar-refractivity contribution is 5.78. The fraction of sp³-hybridized carbons (Fsp3) is 0.375. The molecule has 0 aliphatic heterocycles. The molecule has 21 heavy (non-hydrogen) atoms. The third kappa shape index (κ3) is 4.72. The minimum atomic E-state index is -0.0603. The number of aromatic nitrogens is 1. The summed E-state index contributed by atoms with van der Waals surface area (Å²) in [5.74, 6) is 0.618. The SMILES string of the molecule is COCCCNC(=O)Cc1cc(-c2ccc(C)cc2)on1. The van der Waals surface area contributed by atoms with Crippen molar-refractivity contribution in [1.82, 2.24) is 10.5 Å². The Hall–Kier alpha value is -2.14. The molecular weight excluding hydrogens is 268 g/mol. The lowest BCUT2D eigenvalue weighted by molar-refractivity contribution is -0.120. The molecule has 0 unspecified atom stereocenters. The predicted molar refractivity (Wildman–Crippen MR) is 79.9 cm³/mol. The Kier molecular flexibility index (Phi) is 5.51. The second-order valence-corrected chi connectivity index (χ2v) is 4.92. The fourth-order valence-electron chi connectivity index (χ4n) is 1.92. The molecule has 5 nitrogen and oxygen atoms in total. The minimum Gasteiger partial charge on any atom is -0.385 e. The molecule has 112 valence electrons. The molecule has 1 amide bonds. The van der Waals surface area contributed by atoms with Gasteiger partial charge in [0.2, 0.25) is 5.91 Å². The van der Waals surface area contributed by atoms with E-state index in [4.69, 9.17) is 9.26 Å². The van der Waals surface area contributed by atoms with Crippen LogP contribution in [0.3, 0.4) is 0 Å². The van der Waals surface area contributed by atoms with E-state index in [0.717, 1.165) is 12.0 Å². The number of nitrogens with one attached hydrogen (secondary N) is 1. The maximum atomic E-state index is 11.7. The molecule has 0 bridgehead atoms. The molecule has 1 aromatic heterocycles. The average Bonchev–Trinajstić information content (AvgIpc) is 2.93. The predicted octanol–water partition coefficient (Wildman–Crippen LogP) is 2.35. The Morgan fingerprint density at radius 3 is 2.81 bits per heavy atom. The number of nitrogens with zero attached hydrogens (tertiary/aromatic N) is 1. The molecule has 0 saturated carbocycles. The van der Waals surface area contributed by atoms with Crippen LogP contribution in [0.2, 0.25) is 0 Å². The summed E-state index contributed by atoms with van der Waals surface area (Å²) in [5.41, 5.74) is 2.78. The van der Waals surface area contributed by atoms with E-state index in [2.05, 4.69) is 10.5 Å². The Morgan fingerprint density at radius 1 is 1.33 bits per heavy atom. The summed E-state index contributed by atoms with van der Waals surface area (Å²) in [6, 6.07) is 9.79. The summed E-state index contributed by atoms with van der Waals surface area (Å²) < 4.78 is 10.2. The van der Waals surface area contributed by atoms with Gasteiger partial charge in [0.25, 0.3) is 0 Å². The summed E-state index contributed by atoms with van der Waals surface area (Å²) in [7, 11) is 1.64. The van der Waals surface area contributed by atoms with E-state index in [9.17, 15) is 4.79 Å². The van der Waals surface area contributed by atoms with Crippen LogP contribution in [0.15, 0.2) is 34.9 Å². The van der Waals surface area contributed by atoms with Gasteiger partial charge in [-0.1, -0.05) is 35.0 Å². The highest BCUT2D eigenvalue weighted by Gasteiger charge is 2.10. The molecule has 1 N–H and O–H groups in total. The van der Waals surface area contributed by atoms with Gasteiger partial charge in [0.1, 0.15) is 0 Å². The summed E-state index contributed by atoms with van der Waals surface area (Å²) in [4.78, 5) is 11.7. The van der Waals surface area contributed by atoms with Crippen LogP contribution in [-0.2, 0) is 16.0 Å². The van der Waals surface area contributed by atoms with Crippen molar-refractivity contribution in [2.24, 2.45) is 0 Å². The average molecular weight is 288 g/mol. The van der Waals surface area contributed by atoms with Crippen molar-refractivity contribution in [3.63, 3.8) is 0 Å². The molecule has 0 radical (unpaired) electrons. The lowest BCUT2D eigenvalue weighted by Gasteiger charge is -2.02. The molecule has 1 aromatic carbocycles. The molecule has 0 fully saturated rings. The molecule has 2 aromatic rings. The standard InChI is InChI=1S/C16H20N2O3/c1-12-4-6-13(7-5-12)15-10-14(18-21-15)11-16(19)17-8-3-9-20-2/h4-7,10H,3,8-9,11H2,1-2H3,(H,17,19). The van der Waals surface area contributed by atoms with Gasteiger partial charge in [0.15, 0.2) is 5.76 Å². The van der Waals surface area contributed by atoms with E-state index in [1.807, 2.05) is 31.2 Å². The smallest absolute Gasteiger partial charge is 0.226 e. The van der Waals surface area contributed by atoms with Crippen molar-refractivity contribution in [1.29, 1.82) is 0 Å². The van der Waals surface area contributed by atoms with Crippen molar-refractivity contribution in [3.05, 3.63) is 41.6 Å². The van der Waals surface area contributed by atoms with E-state index >= 15 is 0 Å². The molecule has 0 aliphatic rings. The highest BCUT2D eigenvalue weighted by Crippen LogP contribution is 2.20. The van der Waals surface area contributed by atoms with Gasteiger partial charge < -0.3 is 14.6 Å². The van der Waals surface area contributed by atoms with Crippen LogP contribution in [0.5, 0.6) is 0 Å². The molecule has 0 atom stereocenters. The Morgan fingerprint density at radius 2 is 2.10 bits per heavy atom. The summed E-state index contributed by atoms with van der Waals surface area (Å²) in [6.07, 6.45) is 1.03. The van der Waals surface area contributed by atoms with Crippen molar-refractivity contribution in [2.45, 2.75) is 19.8 Å². The molecular formula is C16H20N2O3. The zero-order chi connectivity index (χ0) is 15.1. The summed E-state index contributed by atoms with van der Waals surface area (Å²) >= 11 is 0. The number of carbonyl (C=O) groups excluding carboxylic acids is 1. The first-order valence-electron chi connectivity index (χ1n) is 6.97. The van der Waals surface area contributed by atoms with Gasteiger partial charge in [-0.2, -0.15) is 0 Å². The van der Waals surface area contributed by atoms with Crippen LogP contribution in [0.4, 0.5) is 0 Å². The number of amides is 1. The number of hydrogen-bond donors (Lipinski definition) is 1. The number of benzene rings is 1. The maximum absolute atomic E-state index is 11.7. The van der Waals surface area contributed by atoms with Gasteiger partial charge in [-0.3, -0.25) is 4.79 Å². The number of hydrogen-bond acceptors (Lipinski definition) is 4. The number of ether oxygens (including phenoxy) is 1. The Bertz CT molecular complexity index is 575. The van der Waals surface area contributed by atoms with Crippen molar-refractivity contribution in [2.75, 3.05) is 20.3 Å². The van der Waals surface area contributed by atoms with E-state index in [-0.39, 0.29) is 12.3 Å². The van der Waals surface area contributed by atoms with Gasteiger partial charge >= 0.3 is 0 Å². The second kappa shape index (κ2) is 7.59.